The smallest absolute Gasteiger partial charge is 0.339 e. The fourth-order valence-corrected chi connectivity index (χ4v) is 2.78. The number of aromatic carboxylic acids is 1. The molecular weight excluding hydrogens is 314 g/mol. The second kappa shape index (κ2) is 6.48. The lowest BCUT2D eigenvalue weighted by molar-refractivity contribution is -0.0238. The maximum atomic E-state index is 12.6. The highest BCUT2D eigenvalue weighted by atomic mass is 16.5. The number of aromatic nitrogens is 2. The number of carboxylic acid groups (broad SMARTS) is 1. The van der Waals surface area contributed by atoms with Gasteiger partial charge >= 0.3 is 5.97 Å². The Labute approximate surface area is 138 Å². The van der Waals surface area contributed by atoms with Crippen molar-refractivity contribution in [3.05, 3.63) is 41.1 Å². The maximum Gasteiger partial charge on any atom is 0.339 e. The minimum absolute atomic E-state index is 0.0397. The van der Waals surface area contributed by atoms with Crippen LogP contribution in [-0.2, 0) is 18.2 Å². The molecule has 3 rings (SSSR count). The van der Waals surface area contributed by atoms with Crippen LogP contribution in [0.5, 0.6) is 0 Å². The lowest BCUT2D eigenvalue weighted by Gasteiger charge is -2.32. The number of carbonyl (C=O) groups is 2. The van der Waals surface area contributed by atoms with Gasteiger partial charge in [0.05, 0.1) is 19.3 Å². The molecule has 0 spiro atoms. The van der Waals surface area contributed by atoms with Crippen LogP contribution in [0.15, 0.2) is 22.9 Å². The Kier molecular flexibility index (Phi) is 4.39. The van der Waals surface area contributed by atoms with Crippen LogP contribution in [0, 0.1) is 0 Å². The van der Waals surface area contributed by atoms with Crippen molar-refractivity contribution < 1.29 is 23.8 Å². The monoisotopic (exact) mass is 333 g/mol. The van der Waals surface area contributed by atoms with Crippen LogP contribution < -0.4 is 0 Å². The van der Waals surface area contributed by atoms with Crippen molar-refractivity contribution in [3.8, 4) is 0 Å². The third-order valence-corrected chi connectivity index (χ3v) is 4.02. The lowest BCUT2D eigenvalue weighted by Crippen LogP contribution is -2.42. The quantitative estimate of drug-likeness (QED) is 0.910. The Morgan fingerprint density at radius 2 is 2.25 bits per heavy atom. The fourth-order valence-electron chi connectivity index (χ4n) is 2.78. The van der Waals surface area contributed by atoms with E-state index < -0.39 is 5.97 Å². The Balaban J connectivity index is 1.78. The van der Waals surface area contributed by atoms with Crippen LogP contribution in [-0.4, -0.2) is 51.4 Å². The second-order valence-corrected chi connectivity index (χ2v) is 5.66. The minimum atomic E-state index is -1.09. The summed E-state index contributed by atoms with van der Waals surface area (Å²) in [5.74, 6) is -1.06. The summed E-state index contributed by atoms with van der Waals surface area (Å²) in [6.45, 7) is 2.99. The molecule has 1 saturated heterocycles. The van der Waals surface area contributed by atoms with Crippen molar-refractivity contribution in [2.24, 2.45) is 7.05 Å². The molecule has 1 fully saturated rings. The molecule has 3 heterocycles. The lowest BCUT2D eigenvalue weighted by atomic mass is 10.1. The van der Waals surface area contributed by atoms with E-state index in [1.54, 1.807) is 22.7 Å². The van der Waals surface area contributed by atoms with Gasteiger partial charge in [-0.25, -0.2) is 4.79 Å². The van der Waals surface area contributed by atoms with Gasteiger partial charge in [-0.15, -0.1) is 0 Å². The SMILES string of the molecule is CCc1oc(C(=O)N2CCO[C@H](c3cnn(C)c3)C2)cc1C(=O)O. The van der Waals surface area contributed by atoms with Gasteiger partial charge in [-0.2, -0.15) is 5.10 Å². The van der Waals surface area contributed by atoms with Gasteiger partial charge in [-0.3, -0.25) is 9.48 Å². The van der Waals surface area contributed by atoms with Gasteiger partial charge in [0.1, 0.15) is 17.4 Å². The van der Waals surface area contributed by atoms with Crippen molar-refractivity contribution in [1.29, 1.82) is 0 Å². The van der Waals surface area contributed by atoms with E-state index in [-0.39, 0.29) is 23.3 Å². The van der Waals surface area contributed by atoms with E-state index >= 15 is 0 Å². The third kappa shape index (κ3) is 3.05. The van der Waals surface area contributed by atoms with Gasteiger partial charge in [0, 0.05) is 37.8 Å². The number of aryl methyl sites for hydroxylation is 2. The first-order valence-electron chi connectivity index (χ1n) is 7.75. The number of hydrogen-bond donors (Lipinski definition) is 1. The summed E-state index contributed by atoms with van der Waals surface area (Å²) in [6.07, 6.45) is 3.72. The predicted octanol–water partition coefficient (Wildman–Crippen LogP) is 1.49. The summed E-state index contributed by atoms with van der Waals surface area (Å²) in [5.41, 5.74) is 0.938. The molecule has 1 atom stereocenters. The second-order valence-electron chi connectivity index (χ2n) is 5.66. The molecule has 24 heavy (non-hydrogen) atoms. The highest BCUT2D eigenvalue weighted by molar-refractivity contribution is 5.96. The zero-order chi connectivity index (χ0) is 17.3. The maximum absolute atomic E-state index is 12.6. The first-order chi connectivity index (χ1) is 11.5. The van der Waals surface area contributed by atoms with E-state index in [1.807, 2.05) is 13.2 Å². The molecule has 0 unspecified atom stereocenters. The number of carboxylic acids is 1. The predicted molar refractivity (Wildman–Crippen MR) is 82.8 cm³/mol. The van der Waals surface area contributed by atoms with Crippen molar-refractivity contribution >= 4 is 11.9 Å². The van der Waals surface area contributed by atoms with Crippen LogP contribution in [0.1, 0.15) is 45.3 Å². The fraction of sp³-hybridized carbons (Fsp3) is 0.438. The first kappa shape index (κ1) is 16.3. The van der Waals surface area contributed by atoms with Gasteiger partial charge in [-0.1, -0.05) is 6.92 Å². The molecule has 128 valence electrons. The molecule has 8 heteroatoms. The number of carbonyl (C=O) groups excluding carboxylic acids is 1. The molecule has 2 aromatic heterocycles. The number of nitrogens with zero attached hydrogens (tertiary/aromatic N) is 3. The van der Waals surface area contributed by atoms with E-state index in [9.17, 15) is 14.7 Å². The van der Waals surface area contributed by atoms with Gasteiger partial charge in [-0.05, 0) is 0 Å². The Bertz CT molecular complexity index is 764. The summed E-state index contributed by atoms with van der Waals surface area (Å²) in [7, 11) is 1.82. The van der Waals surface area contributed by atoms with E-state index in [2.05, 4.69) is 5.10 Å². The number of amides is 1. The molecule has 1 aliphatic heterocycles. The van der Waals surface area contributed by atoms with Gasteiger partial charge < -0.3 is 19.2 Å². The van der Waals surface area contributed by atoms with Crippen LogP contribution in [0.3, 0.4) is 0 Å². The summed E-state index contributed by atoms with van der Waals surface area (Å²) in [5, 5.41) is 13.3. The Morgan fingerprint density at radius 3 is 2.83 bits per heavy atom. The van der Waals surface area contributed by atoms with Gasteiger partial charge in [0.2, 0.25) is 0 Å². The first-order valence-corrected chi connectivity index (χ1v) is 7.75. The summed E-state index contributed by atoms with van der Waals surface area (Å²) in [4.78, 5) is 25.5. The highest BCUT2D eigenvalue weighted by Gasteiger charge is 2.29. The molecule has 0 bridgehead atoms. The zero-order valence-electron chi connectivity index (χ0n) is 13.6. The number of rotatable bonds is 4. The van der Waals surface area contributed by atoms with E-state index in [0.717, 1.165) is 5.56 Å². The van der Waals surface area contributed by atoms with Gasteiger partial charge in [0.25, 0.3) is 5.91 Å². The molecule has 1 amide bonds. The van der Waals surface area contributed by atoms with Crippen LogP contribution in [0.25, 0.3) is 0 Å². The third-order valence-electron chi connectivity index (χ3n) is 4.02. The summed E-state index contributed by atoms with van der Waals surface area (Å²) < 4.78 is 12.8. The number of furan rings is 1. The van der Waals surface area contributed by atoms with Crippen LogP contribution >= 0.6 is 0 Å². The molecule has 1 aliphatic rings. The summed E-state index contributed by atoms with van der Waals surface area (Å²) >= 11 is 0. The normalized spacial score (nSPS) is 17.9. The van der Waals surface area contributed by atoms with Crippen molar-refractivity contribution in [2.45, 2.75) is 19.4 Å². The van der Waals surface area contributed by atoms with Gasteiger partial charge in [0.15, 0.2) is 5.76 Å². The van der Waals surface area contributed by atoms with E-state index in [0.29, 0.717) is 31.9 Å². The summed E-state index contributed by atoms with van der Waals surface area (Å²) in [6, 6.07) is 1.30. The molecule has 8 nitrogen and oxygen atoms in total. The van der Waals surface area contributed by atoms with Crippen molar-refractivity contribution in [3.63, 3.8) is 0 Å². The number of ether oxygens (including phenoxy) is 1. The minimum Gasteiger partial charge on any atom is -0.478 e. The Hall–Kier alpha value is -2.61. The topological polar surface area (TPSA) is 97.8 Å². The molecule has 0 aliphatic carbocycles. The van der Waals surface area contributed by atoms with E-state index in [1.165, 1.54) is 6.07 Å². The zero-order valence-corrected chi connectivity index (χ0v) is 13.6. The van der Waals surface area contributed by atoms with Crippen LogP contribution in [0.2, 0.25) is 0 Å². The molecule has 1 N–H and O–H groups in total. The molecule has 0 saturated carbocycles. The average Bonchev–Trinajstić information content (AvgIpc) is 3.20. The average molecular weight is 333 g/mol. The highest BCUT2D eigenvalue weighted by Crippen LogP contribution is 2.24. The number of morpholine rings is 1. The van der Waals surface area contributed by atoms with E-state index in [4.69, 9.17) is 9.15 Å². The standard InChI is InChI=1S/C16H19N3O5/c1-3-12-11(16(21)22)6-13(24-12)15(20)19-4-5-23-14(9-19)10-7-17-18(2)8-10/h6-8,14H,3-5,9H2,1-2H3,(H,21,22)/t14-/m0/s1. The largest absolute Gasteiger partial charge is 0.478 e. The van der Waals surface area contributed by atoms with Crippen LogP contribution in [0.4, 0.5) is 0 Å². The molecule has 0 aromatic carbocycles. The van der Waals surface area contributed by atoms with Crippen molar-refractivity contribution in [2.75, 3.05) is 19.7 Å². The molecule has 0 radical (unpaired) electrons. The molecule has 2 aromatic rings. The van der Waals surface area contributed by atoms with Crippen molar-refractivity contribution in [1.82, 2.24) is 14.7 Å². The number of hydrogen-bond acceptors (Lipinski definition) is 5. The Morgan fingerprint density at radius 1 is 1.46 bits per heavy atom. The molecular formula is C16H19N3O5.